The number of aromatic hydroxyl groups is 1. The summed E-state index contributed by atoms with van der Waals surface area (Å²) < 4.78 is 5.00. The molecule has 2 heterocycles. The van der Waals surface area contributed by atoms with Gasteiger partial charge in [0.1, 0.15) is 18.4 Å². The first-order chi connectivity index (χ1) is 11.6. The van der Waals surface area contributed by atoms with Crippen LogP contribution in [0.5, 0.6) is 5.75 Å². The van der Waals surface area contributed by atoms with Gasteiger partial charge in [-0.3, -0.25) is 9.69 Å². The van der Waals surface area contributed by atoms with Crippen LogP contribution in [0.4, 0.5) is 4.79 Å². The lowest BCUT2D eigenvalue weighted by molar-refractivity contribution is -0.124. The van der Waals surface area contributed by atoms with Crippen molar-refractivity contribution < 1.29 is 19.4 Å². The number of hydrogen-bond donors (Lipinski definition) is 3. The molecule has 0 radical (unpaired) electrons. The van der Waals surface area contributed by atoms with Gasteiger partial charge >= 0.3 is 6.09 Å². The maximum atomic E-state index is 12.3. The number of H-pyrrole nitrogens is 1. The third-order valence-electron chi connectivity index (χ3n) is 3.79. The van der Waals surface area contributed by atoms with E-state index in [0.29, 0.717) is 13.0 Å². The van der Waals surface area contributed by atoms with Gasteiger partial charge in [-0.1, -0.05) is 12.1 Å². The van der Waals surface area contributed by atoms with Gasteiger partial charge in [-0.05, 0) is 17.7 Å². The lowest BCUT2D eigenvalue weighted by Crippen LogP contribution is -2.45. The molecule has 1 aromatic carbocycles. The molecular formula is C16H18N4O4. The summed E-state index contributed by atoms with van der Waals surface area (Å²) in [5.41, 5.74) is 1.65. The van der Waals surface area contributed by atoms with Gasteiger partial charge < -0.3 is 20.1 Å². The number of nitrogens with one attached hydrogen (secondary N) is 2. The Morgan fingerprint density at radius 2 is 2.38 bits per heavy atom. The first-order valence-electron chi connectivity index (χ1n) is 7.60. The van der Waals surface area contributed by atoms with Crippen molar-refractivity contribution in [2.45, 2.75) is 19.0 Å². The number of aromatic amines is 1. The number of phenols is 1. The van der Waals surface area contributed by atoms with Gasteiger partial charge in [0.25, 0.3) is 0 Å². The molecule has 3 N–H and O–H groups in total. The quantitative estimate of drug-likeness (QED) is 0.726. The molecule has 8 heteroatoms. The molecule has 3 rings (SSSR count). The van der Waals surface area contributed by atoms with Crippen LogP contribution in [0, 0.1) is 0 Å². The first kappa shape index (κ1) is 15.9. The molecule has 24 heavy (non-hydrogen) atoms. The molecule has 1 aliphatic rings. The summed E-state index contributed by atoms with van der Waals surface area (Å²) in [6, 6.07) is 5.88. The highest BCUT2D eigenvalue weighted by Gasteiger charge is 2.37. The topological polar surface area (TPSA) is 108 Å². The summed E-state index contributed by atoms with van der Waals surface area (Å²) >= 11 is 0. The molecule has 8 nitrogen and oxygen atoms in total. The molecule has 0 saturated carbocycles. The van der Waals surface area contributed by atoms with Gasteiger partial charge in [-0.2, -0.15) is 0 Å². The van der Waals surface area contributed by atoms with Crippen LogP contribution >= 0.6 is 0 Å². The lowest BCUT2D eigenvalue weighted by Gasteiger charge is -2.20. The van der Waals surface area contributed by atoms with E-state index in [-0.39, 0.29) is 24.8 Å². The van der Waals surface area contributed by atoms with Gasteiger partial charge in [-0.15, -0.1) is 0 Å². The van der Waals surface area contributed by atoms with E-state index >= 15 is 0 Å². The van der Waals surface area contributed by atoms with Crippen molar-refractivity contribution in [3.05, 3.63) is 48.0 Å². The number of phenolic OH excluding ortho intramolecular Hbond substituents is 1. The minimum atomic E-state index is -0.679. The molecule has 1 fully saturated rings. The fourth-order valence-electron chi connectivity index (χ4n) is 2.55. The first-order valence-corrected chi connectivity index (χ1v) is 7.60. The summed E-state index contributed by atoms with van der Waals surface area (Å²) in [5, 5.41) is 12.3. The predicted octanol–water partition coefficient (Wildman–Crippen LogP) is 0.795. The minimum Gasteiger partial charge on any atom is -0.508 e. The van der Waals surface area contributed by atoms with Crippen LogP contribution in [-0.4, -0.2) is 51.2 Å². The number of nitrogens with zero attached hydrogens (tertiary/aromatic N) is 2. The Balaban J connectivity index is 1.58. The highest BCUT2D eigenvalue weighted by molar-refractivity contribution is 5.87. The van der Waals surface area contributed by atoms with E-state index in [2.05, 4.69) is 15.3 Å². The van der Waals surface area contributed by atoms with Crippen molar-refractivity contribution in [1.82, 2.24) is 20.2 Å². The van der Waals surface area contributed by atoms with E-state index in [9.17, 15) is 14.7 Å². The van der Waals surface area contributed by atoms with E-state index in [1.807, 2.05) is 0 Å². The highest BCUT2D eigenvalue weighted by atomic mass is 16.6. The van der Waals surface area contributed by atoms with Crippen molar-refractivity contribution in [3.63, 3.8) is 0 Å². The maximum Gasteiger partial charge on any atom is 0.410 e. The van der Waals surface area contributed by atoms with Gasteiger partial charge in [-0.25, -0.2) is 9.78 Å². The Kier molecular flexibility index (Phi) is 4.64. The third kappa shape index (κ3) is 3.65. The number of aromatic nitrogens is 2. The zero-order valence-corrected chi connectivity index (χ0v) is 12.9. The largest absolute Gasteiger partial charge is 0.508 e. The van der Waals surface area contributed by atoms with E-state index in [0.717, 1.165) is 11.3 Å². The zero-order valence-electron chi connectivity index (χ0n) is 12.9. The molecule has 126 valence electrons. The number of rotatable bonds is 6. The Hall–Kier alpha value is -3.03. The molecule has 0 spiro atoms. The second kappa shape index (κ2) is 7.03. The zero-order chi connectivity index (χ0) is 16.9. The molecule has 1 aliphatic heterocycles. The van der Waals surface area contributed by atoms with Crippen molar-refractivity contribution in [1.29, 1.82) is 0 Å². The van der Waals surface area contributed by atoms with Crippen LogP contribution in [-0.2, 0) is 22.5 Å². The van der Waals surface area contributed by atoms with Crippen LogP contribution in [0.1, 0.15) is 11.3 Å². The standard InChI is InChI=1S/C16H18N4O4/c21-13-3-1-2-11(6-13)8-20-14(9-24-16(20)23)15(22)18-5-4-12-7-17-10-19-12/h1-3,6-7,10,14,21H,4-5,8-9H2,(H,17,19)(H,18,22)/t14-/m0/s1. The third-order valence-corrected chi connectivity index (χ3v) is 3.79. The fraction of sp³-hybridized carbons (Fsp3) is 0.312. The highest BCUT2D eigenvalue weighted by Crippen LogP contribution is 2.19. The SMILES string of the molecule is O=C(NCCc1cnc[nH]1)[C@@H]1COC(=O)N1Cc1cccc(O)c1. The molecule has 0 bridgehead atoms. The predicted molar refractivity (Wildman–Crippen MR) is 84.1 cm³/mol. The summed E-state index contributed by atoms with van der Waals surface area (Å²) in [7, 11) is 0. The Morgan fingerprint density at radius 3 is 3.12 bits per heavy atom. The van der Waals surface area contributed by atoms with Crippen LogP contribution in [0.15, 0.2) is 36.8 Å². The number of carbonyl (C=O) groups excluding carboxylic acids is 2. The lowest BCUT2D eigenvalue weighted by atomic mass is 10.1. The van der Waals surface area contributed by atoms with Crippen LogP contribution in [0.2, 0.25) is 0 Å². The van der Waals surface area contributed by atoms with Gasteiger partial charge in [0.05, 0.1) is 12.9 Å². The number of benzene rings is 1. The van der Waals surface area contributed by atoms with Gasteiger partial charge in [0.15, 0.2) is 0 Å². The van der Waals surface area contributed by atoms with Gasteiger partial charge in [0, 0.05) is 24.9 Å². The average Bonchev–Trinajstić information content (AvgIpc) is 3.18. The Bertz CT molecular complexity index is 717. The fourth-order valence-corrected chi connectivity index (χ4v) is 2.55. The number of carbonyl (C=O) groups is 2. The number of cyclic esters (lactones) is 1. The van der Waals surface area contributed by atoms with Crippen molar-refractivity contribution in [2.75, 3.05) is 13.2 Å². The molecule has 1 aromatic heterocycles. The second-order valence-corrected chi connectivity index (χ2v) is 5.51. The van der Waals surface area contributed by atoms with Crippen molar-refractivity contribution >= 4 is 12.0 Å². The number of imidazole rings is 1. The summed E-state index contributed by atoms with van der Waals surface area (Å²) in [6.45, 7) is 0.658. The van der Waals surface area contributed by atoms with E-state index in [4.69, 9.17) is 4.74 Å². The summed E-state index contributed by atoms with van der Waals surface area (Å²) in [6.07, 6.45) is 3.37. The molecule has 0 unspecified atom stereocenters. The maximum absolute atomic E-state index is 12.3. The molecule has 2 aromatic rings. The van der Waals surface area contributed by atoms with Crippen LogP contribution in [0.25, 0.3) is 0 Å². The smallest absolute Gasteiger partial charge is 0.410 e. The van der Waals surface area contributed by atoms with E-state index in [1.165, 1.54) is 4.90 Å². The second-order valence-electron chi connectivity index (χ2n) is 5.51. The molecule has 0 aliphatic carbocycles. The van der Waals surface area contributed by atoms with Crippen LogP contribution in [0.3, 0.4) is 0 Å². The monoisotopic (exact) mass is 330 g/mol. The normalized spacial score (nSPS) is 16.9. The van der Waals surface area contributed by atoms with E-state index < -0.39 is 12.1 Å². The summed E-state index contributed by atoms with van der Waals surface area (Å²) in [5.74, 6) is -0.152. The van der Waals surface area contributed by atoms with Crippen molar-refractivity contribution in [2.24, 2.45) is 0 Å². The molecule has 2 amide bonds. The summed E-state index contributed by atoms with van der Waals surface area (Å²) in [4.78, 5) is 32.4. The Morgan fingerprint density at radius 1 is 1.50 bits per heavy atom. The van der Waals surface area contributed by atoms with E-state index in [1.54, 1.807) is 36.8 Å². The number of ether oxygens (including phenoxy) is 1. The van der Waals surface area contributed by atoms with Crippen LogP contribution < -0.4 is 5.32 Å². The number of amides is 2. The minimum absolute atomic E-state index is 0.0214. The van der Waals surface area contributed by atoms with Gasteiger partial charge in [0.2, 0.25) is 5.91 Å². The molecule has 1 atom stereocenters. The molecular weight excluding hydrogens is 312 g/mol. The Labute approximate surface area is 138 Å². The van der Waals surface area contributed by atoms with Crippen molar-refractivity contribution in [3.8, 4) is 5.75 Å². The average molecular weight is 330 g/mol. The molecule has 1 saturated heterocycles. The number of hydrogen-bond acceptors (Lipinski definition) is 5.